The minimum Gasteiger partial charge on any atom is -0.504 e. The standard InChI is InChI=1S/C30H35NO4/c1-17(29(2,34)20-6-4-3-5-7-20)21-14-19-15-23-22-10-11-24(32)28-30(22,25(19)27(35-28)26(21)33)12-13-31(23)16-18-8-9-18/h3-7,14,17-18,22-23,28,33-34H,8-13,15-16H2,1-2H3/t17?,22-,23+,28?,29?,30-/m0/s1. The molecule has 2 saturated carbocycles. The molecule has 2 aromatic rings. The van der Waals surface area contributed by atoms with E-state index in [1.807, 2.05) is 44.2 Å². The summed E-state index contributed by atoms with van der Waals surface area (Å²) in [5.41, 5.74) is 2.38. The van der Waals surface area contributed by atoms with Crippen LogP contribution < -0.4 is 4.74 Å². The molecule has 3 aliphatic carbocycles. The van der Waals surface area contributed by atoms with Gasteiger partial charge in [-0.05, 0) is 68.5 Å². The van der Waals surface area contributed by atoms with Crippen LogP contribution in [0.3, 0.4) is 0 Å². The molecule has 1 saturated heterocycles. The number of hydrogen-bond donors (Lipinski definition) is 2. The molecule has 5 aliphatic rings. The van der Waals surface area contributed by atoms with Gasteiger partial charge in [-0.1, -0.05) is 43.3 Å². The maximum absolute atomic E-state index is 13.2. The second kappa shape index (κ2) is 7.33. The van der Waals surface area contributed by atoms with E-state index in [1.54, 1.807) is 0 Å². The Labute approximate surface area is 207 Å². The minimum atomic E-state index is -1.16. The van der Waals surface area contributed by atoms with Crippen molar-refractivity contribution in [2.24, 2.45) is 11.8 Å². The van der Waals surface area contributed by atoms with Gasteiger partial charge in [-0.3, -0.25) is 9.69 Å². The van der Waals surface area contributed by atoms with Crippen molar-refractivity contribution in [1.29, 1.82) is 0 Å². The van der Waals surface area contributed by atoms with E-state index in [0.29, 0.717) is 29.7 Å². The second-order valence-electron chi connectivity index (χ2n) is 12.0. The number of Topliss-reactive ketones (excluding diaryl/α,β-unsaturated/α-hetero) is 1. The van der Waals surface area contributed by atoms with Gasteiger partial charge in [0.05, 0.1) is 5.60 Å². The minimum absolute atomic E-state index is 0.113. The largest absolute Gasteiger partial charge is 0.504 e. The van der Waals surface area contributed by atoms with Gasteiger partial charge in [0.2, 0.25) is 0 Å². The van der Waals surface area contributed by atoms with E-state index < -0.39 is 11.7 Å². The molecule has 5 heteroatoms. The van der Waals surface area contributed by atoms with Crippen molar-refractivity contribution in [2.75, 3.05) is 13.1 Å². The van der Waals surface area contributed by atoms with E-state index in [2.05, 4.69) is 11.0 Å². The molecular formula is C30H35NO4. The third kappa shape index (κ3) is 2.91. The Kier molecular flexibility index (Phi) is 4.58. The Morgan fingerprint density at radius 2 is 2.00 bits per heavy atom. The summed E-state index contributed by atoms with van der Waals surface area (Å²) in [6.45, 7) is 5.96. The van der Waals surface area contributed by atoms with Crippen LogP contribution in [0.25, 0.3) is 0 Å². The Hall–Kier alpha value is -2.37. The summed E-state index contributed by atoms with van der Waals surface area (Å²) in [5.74, 6) is 1.70. The topological polar surface area (TPSA) is 70.0 Å². The fourth-order valence-electron chi connectivity index (χ4n) is 8.02. The molecule has 0 amide bonds. The highest BCUT2D eigenvalue weighted by molar-refractivity contribution is 5.89. The van der Waals surface area contributed by atoms with Gasteiger partial charge >= 0.3 is 0 Å². The molecule has 184 valence electrons. The molecule has 2 heterocycles. The monoisotopic (exact) mass is 473 g/mol. The van der Waals surface area contributed by atoms with Crippen LogP contribution in [0.15, 0.2) is 36.4 Å². The van der Waals surface area contributed by atoms with Crippen LogP contribution in [0.4, 0.5) is 0 Å². The normalized spacial score (nSPS) is 33.6. The number of ketones is 1. The number of phenols is 1. The number of nitrogens with zero attached hydrogens (tertiary/aromatic N) is 1. The van der Waals surface area contributed by atoms with Gasteiger partial charge in [0.25, 0.3) is 0 Å². The zero-order chi connectivity index (χ0) is 24.1. The first kappa shape index (κ1) is 21.9. The summed E-state index contributed by atoms with van der Waals surface area (Å²) in [7, 11) is 0. The van der Waals surface area contributed by atoms with Crippen LogP contribution in [0.5, 0.6) is 11.5 Å². The third-order valence-electron chi connectivity index (χ3n) is 10.2. The first-order valence-corrected chi connectivity index (χ1v) is 13.4. The van der Waals surface area contributed by atoms with E-state index in [0.717, 1.165) is 42.9 Å². The SMILES string of the molecule is CC(c1cc2c3c(c1O)OC1C(=O)CC[C@H]4[C@@H](C2)N(CC2CC2)CC[C@]314)C(C)(O)c1ccccc1. The Morgan fingerprint density at radius 1 is 1.23 bits per heavy atom. The lowest BCUT2D eigenvalue weighted by Gasteiger charge is -2.57. The van der Waals surface area contributed by atoms with Crippen LogP contribution in [0, 0.1) is 11.8 Å². The van der Waals surface area contributed by atoms with E-state index in [1.165, 1.54) is 24.9 Å². The van der Waals surface area contributed by atoms with E-state index in [4.69, 9.17) is 4.74 Å². The van der Waals surface area contributed by atoms with Gasteiger partial charge in [-0.2, -0.15) is 0 Å². The number of carbonyl (C=O) groups is 1. The molecule has 6 atom stereocenters. The lowest BCUT2D eigenvalue weighted by Crippen LogP contribution is -2.66. The maximum Gasteiger partial charge on any atom is 0.174 e. The van der Waals surface area contributed by atoms with Crippen LogP contribution in [-0.2, 0) is 22.2 Å². The number of phenolic OH excluding ortho intramolecular Hbond substituents is 1. The zero-order valence-electron chi connectivity index (χ0n) is 20.7. The van der Waals surface area contributed by atoms with Gasteiger partial charge < -0.3 is 14.9 Å². The third-order valence-corrected chi connectivity index (χ3v) is 10.2. The molecule has 2 aliphatic heterocycles. The van der Waals surface area contributed by atoms with Crippen molar-refractivity contribution in [3.8, 4) is 11.5 Å². The second-order valence-corrected chi connectivity index (χ2v) is 12.0. The van der Waals surface area contributed by atoms with Crippen LogP contribution in [-0.4, -0.2) is 46.1 Å². The fourth-order valence-corrected chi connectivity index (χ4v) is 8.02. The number of likely N-dealkylation sites (tertiary alicyclic amines) is 1. The average molecular weight is 474 g/mol. The summed E-state index contributed by atoms with van der Waals surface area (Å²) in [5, 5.41) is 23.2. The summed E-state index contributed by atoms with van der Waals surface area (Å²) < 4.78 is 6.46. The molecule has 3 unspecified atom stereocenters. The van der Waals surface area contributed by atoms with Gasteiger partial charge in [-0.15, -0.1) is 0 Å². The molecule has 0 aromatic heterocycles. The summed E-state index contributed by atoms with van der Waals surface area (Å²) >= 11 is 0. The predicted molar refractivity (Wildman–Crippen MR) is 133 cm³/mol. The first-order valence-electron chi connectivity index (χ1n) is 13.4. The Morgan fingerprint density at radius 3 is 2.74 bits per heavy atom. The molecular weight excluding hydrogens is 438 g/mol. The van der Waals surface area contributed by atoms with Crippen LogP contribution in [0.1, 0.15) is 74.1 Å². The van der Waals surface area contributed by atoms with E-state index in [-0.39, 0.29) is 22.9 Å². The molecule has 7 rings (SSSR count). The number of rotatable bonds is 5. The highest BCUT2D eigenvalue weighted by Gasteiger charge is 2.66. The summed E-state index contributed by atoms with van der Waals surface area (Å²) in [6.07, 6.45) is 5.55. The van der Waals surface area contributed by atoms with Gasteiger partial charge in [0.15, 0.2) is 23.4 Å². The van der Waals surface area contributed by atoms with Crippen molar-refractivity contribution in [1.82, 2.24) is 4.90 Å². The Balaban J connectivity index is 1.36. The van der Waals surface area contributed by atoms with Gasteiger partial charge in [-0.25, -0.2) is 0 Å². The molecule has 5 nitrogen and oxygen atoms in total. The molecule has 1 spiro atoms. The maximum atomic E-state index is 13.2. The van der Waals surface area contributed by atoms with E-state index >= 15 is 0 Å². The van der Waals surface area contributed by atoms with Crippen molar-refractivity contribution in [3.63, 3.8) is 0 Å². The quantitative estimate of drug-likeness (QED) is 0.673. The van der Waals surface area contributed by atoms with Crippen molar-refractivity contribution in [2.45, 2.75) is 81.5 Å². The highest BCUT2D eigenvalue weighted by atomic mass is 16.5. The number of piperidine rings is 1. The van der Waals surface area contributed by atoms with Gasteiger partial charge in [0, 0.05) is 41.5 Å². The van der Waals surface area contributed by atoms with Crippen molar-refractivity contribution >= 4 is 5.78 Å². The number of benzene rings is 2. The zero-order valence-corrected chi connectivity index (χ0v) is 20.7. The number of aliphatic hydroxyl groups is 1. The lowest BCUT2D eigenvalue weighted by molar-refractivity contribution is -0.138. The first-order chi connectivity index (χ1) is 16.8. The summed E-state index contributed by atoms with van der Waals surface area (Å²) in [4.78, 5) is 15.9. The van der Waals surface area contributed by atoms with Crippen LogP contribution >= 0.6 is 0 Å². The number of ether oxygens (including phenoxy) is 1. The average Bonchev–Trinajstić information content (AvgIpc) is 3.61. The van der Waals surface area contributed by atoms with Crippen molar-refractivity contribution < 1.29 is 19.7 Å². The van der Waals surface area contributed by atoms with Crippen LogP contribution in [0.2, 0.25) is 0 Å². The number of aromatic hydroxyl groups is 1. The lowest BCUT2D eigenvalue weighted by atomic mass is 9.51. The van der Waals surface area contributed by atoms with Crippen molar-refractivity contribution in [3.05, 3.63) is 58.7 Å². The molecule has 2 aromatic carbocycles. The highest BCUT2D eigenvalue weighted by Crippen LogP contribution is 2.64. The molecule has 2 bridgehead atoms. The Bertz CT molecular complexity index is 1200. The summed E-state index contributed by atoms with van der Waals surface area (Å²) in [6, 6.07) is 12.2. The number of carbonyl (C=O) groups excluding carboxylic acids is 1. The molecule has 35 heavy (non-hydrogen) atoms. The molecule has 0 radical (unpaired) electrons. The predicted octanol–water partition coefficient (Wildman–Crippen LogP) is 4.42. The van der Waals surface area contributed by atoms with Gasteiger partial charge in [0.1, 0.15) is 0 Å². The smallest absolute Gasteiger partial charge is 0.174 e. The fraction of sp³-hybridized carbons (Fsp3) is 0.567. The number of hydrogen-bond acceptors (Lipinski definition) is 5. The van der Waals surface area contributed by atoms with E-state index in [9.17, 15) is 15.0 Å². The molecule has 3 fully saturated rings. The molecule has 2 N–H and O–H groups in total.